The summed E-state index contributed by atoms with van der Waals surface area (Å²) >= 11 is 0. The number of nitrogens with one attached hydrogen (secondary N) is 1. The Balaban J connectivity index is 2.66. The van der Waals surface area contributed by atoms with Gasteiger partial charge in [-0.3, -0.25) is 0 Å². The van der Waals surface area contributed by atoms with E-state index in [1.54, 1.807) is 0 Å². The first-order valence-electron chi connectivity index (χ1n) is 6.02. The van der Waals surface area contributed by atoms with Gasteiger partial charge in [0.25, 0.3) is 0 Å². The monoisotopic (exact) mass is 274 g/mol. The fourth-order valence-electron chi connectivity index (χ4n) is 1.58. The van der Waals surface area contributed by atoms with Gasteiger partial charge in [-0.15, -0.1) is 0 Å². The molecular weight excluding hydrogens is 255 g/mol. The van der Waals surface area contributed by atoms with Crippen molar-refractivity contribution in [3.63, 3.8) is 0 Å². The predicted octanol–water partition coefficient (Wildman–Crippen LogP) is 2.27. The number of benzene rings is 1. The van der Waals surface area contributed by atoms with Crippen molar-refractivity contribution in [2.75, 3.05) is 12.3 Å². The minimum Gasteiger partial charge on any atom is -0.398 e. The van der Waals surface area contributed by atoms with E-state index in [0.717, 1.165) is 37.8 Å². The molecule has 102 valence electrons. The largest absolute Gasteiger partial charge is 0.398 e. The van der Waals surface area contributed by atoms with Crippen LogP contribution in [-0.4, -0.2) is 15.0 Å². The van der Waals surface area contributed by atoms with Crippen LogP contribution < -0.4 is 10.5 Å². The summed E-state index contributed by atoms with van der Waals surface area (Å²) in [7, 11) is -3.72. The highest BCUT2D eigenvalue weighted by Gasteiger charge is 2.17. The number of hydrogen-bond donors (Lipinski definition) is 2. The third-order valence-corrected chi connectivity index (χ3v) is 4.10. The quantitative estimate of drug-likeness (QED) is 0.592. The van der Waals surface area contributed by atoms with Crippen molar-refractivity contribution in [3.05, 3.63) is 24.0 Å². The number of sulfonamides is 1. The lowest BCUT2D eigenvalue weighted by atomic mass is 10.2. The van der Waals surface area contributed by atoms with Crippen LogP contribution in [0.4, 0.5) is 10.1 Å². The second kappa shape index (κ2) is 6.70. The predicted molar refractivity (Wildman–Crippen MR) is 70.1 cm³/mol. The van der Waals surface area contributed by atoms with Gasteiger partial charge in [0.05, 0.1) is 5.69 Å². The molecule has 0 saturated carbocycles. The van der Waals surface area contributed by atoms with Crippen molar-refractivity contribution in [2.45, 2.75) is 37.5 Å². The smallest absolute Gasteiger partial charge is 0.242 e. The molecule has 0 aliphatic carbocycles. The van der Waals surface area contributed by atoms with Gasteiger partial charge in [0.1, 0.15) is 10.7 Å². The summed E-state index contributed by atoms with van der Waals surface area (Å²) in [5, 5.41) is 0. The number of nitrogens with two attached hydrogens (primary N) is 1. The number of rotatable bonds is 7. The Labute approximate surface area is 107 Å². The first kappa shape index (κ1) is 14.9. The van der Waals surface area contributed by atoms with Crippen molar-refractivity contribution in [1.82, 2.24) is 4.72 Å². The molecule has 0 spiro atoms. The average molecular weight is 274 g/mol. The van der Waals surface area contributed by atoms with E-state index in [1.165, 1.54) is 6.07 Å². The molecule has 4 nitrogen and oxygen atoms in total. The lowest BCUT2D eigenvalue weighted by molar-refractivity contribution is 0.571. The molecular formula is C12H19FN2O2S. The van der Waals surface area contributed by atoms with E-state index < -0.39 is 15.8 Å². The van der Waals surface area contributed by atoms with Crippen LogP contribution in [0.2, 0.25) is 0 Å². The van der Waals surface area contributed by atoms with Gasteiger partial charge in [0.2, 0.25) is 10.0 Å². The standard InChI is InChI=1S/C12H19FN2O2S/c1-2-3-4-5-8-15-18(16,17)12-9-10(13)6-7-11(12)14/h6-7,9,15H,2-5,8,14H2,1H3. The molecule has 0 radical (unpaired) electrons. The van der Waals surface area contributed by atoms with Crippen molar-refractivity contribution >= 4 is 15.7 Å². The fraction of sp³-hybridized carbons (Fsp3) is 0.500. The highest BCUT2D eigenvalue weighted by Crippen LogP contribution is 2.18. The second-order valence-electron chi connectivity index (χ2n) is 4.14. The third kappa shape index (κ3) is 4.27. The maximum absolute atomic E-state index is 13.0. The van der Waals surface area contributed by atoms with Gasteiger partial charge in [0, 0.05) is 6.54 Å². The third-order valence-electron chi connectivity index (χ3n) is 2.59. The van der Waals surface area contributed by atoms with Crippen LogP contribution in [0.3, 0.4) is 0 Å². The molecule has 0 bridgehead atoms. The summed E-state index contributed by atoms with van der Waals surface area (Å²) < 4.78 is 39.2. The summed E-state index contributed by atoms with van der Waals surface area (Å²) in [6.45, 7) is 2.43. The van der Waals surface area contributed by atoms with E-state index >= 15 is 0 Å². The van der Waals surface area contributed by atoms with Crippen molar-refractivity contribution in [1.29, 1.82) is 0 Å². The molecule has 0 amide bonds. The molecule has 1 aromatic carbocycles. The zero-order chi connectivity index (χ0) is 13.6. The Kier molecular flexibility index (Phi) is 5.55. The number of anilines is 1. The number of nitrogen functional groups attached to an aromatic ring is 1. The molecule has 0 unspecified atom stereocenters. The van der Waals surface area contributed by atoms with Gasteiger partial charge in [0.15, 0.2) is 0 Å². The van der Waals surface area contributed by atoms with Crippen molar-refractivity contribution < 1.29 is 12.8 Å². The molecule has 0 aliphatic heterocycles. The topological polar surface area (TPSA) is 72.2 Å². The van der Waals surface area contributed by atoms with Crippen LogP contribution >= 0.6 is 0 Å². The van der Waals surface area contributed by atoms with Crippen molar-refractivity contribution in [3.8, 4) is 0 Å². The molecule has 0 aliphatic rings. The zero-order valence-corrected chi connectivity index (χ0v) is 11.3. The molecule has 0 atom stereocenters. The second-order valence-corrected chi connectivity index (χ2v) is 5.88. The molecule has 0 aromatic heterocycles. The summed E-state index contributed by atoms with van der Waals surface area (Å²) in [6.07, 6.45) is 3.90. The zero-order valence-electron chi connectivity index (χ0n) is 10.4. The van der Waals surface area contributed by atoms with Gasteiger partial charge < -0.3 is 5.73 Å². The molecule has 0 saturated heterocycles. The van der Waals surface area contributed by atoms with Crippen LogP contribution in [-0.2, 0) is 10.0 Å². The van der Waals surface area contributed by atoms with Crippen molar-refractivity contribution in [2.24, 2.45) is 0 Å². The van der Waals surface area contributed by atoms with Gasteiger partial charge >= 0.3 is 0 Å². The van der Waals surface area contributed by atoms with Crippen LogP contribution in [0.25, 0.3) is 0 Å². The summed E-state index contributed by atoms with van der Waals surface area (Å²) in [6, 6.07) is 3.32. The van der Waals surface area contributed by atoms with E-state index in [0.29, 0.717) is 6.54 Å². The fourth-order valence-corrected chi connectivity index (χ4v) is 2.79. The number of hydrogen-bond acceptors (Lipinski definition) is 3. The highest BCUT2D eigenvalue weighted by atomic mass is 32.2. The van der Waals surface area contributed by atoms with Gasteiger partial charge in [-0.2, -0.15) is 0 Å². The van der Waals surface area contributed by atoms with Crippen LogP contribution in [0.5, 0.6) is 0 Å². The average Bonchev–Trinajstić information content (AvgIpc) is 2.32. The normalized spacial score (nSPS) is 11.7. The van der Waals surface area contributed by atoms with E-state index in [2.05, 4.69) is 11.6 Å². The Hall–Kier alpha value is -1.14. The van der Waals surface area contributed by atoms with Gasteiger partial charge in [-0.1, -0.05) is 26.2 Å². The molecule has 18 heavy (non-hydrogen) atoms. The summed E-state index contributed by atoms with van der Waals surface area (Å²) in [5.41, 5.74) is 5.59. The van der Waals surface area contributed by atoms with E-state index in [1.807, 2.05) is 0 Å². The van der Waals surface area contributed by atoms with E-state index in [9.17, 15) is 12.8 Å². The Bertz CT molecular complexity index is 489. The molecule has 1 rings (SSSR count). The van der Waals surface area contributed by atoms with Gasteiger partial charge in [-0.05, 0) is 24.6 Å². The van der Waals surface area contributed by atoms with Crippen LogP contribution in [0.1, 0.15) is 32.6 Å². The van der Waals surface area contributed by atoms with E-state index in [-0.39, 0.29) is 10.6 Å². The first-order chi connectivity index (χ1) is 8.47. The number of unbranched alkanes of at least 4 members (excludes halogenated alkanes) is 3. The SMILES string of the molecule is CCCCCCNS(=O)(=O)c1cc(F)ccc1N. The molecule has 6 heteroatoms. The maximum Gasteiger partial charge on any atom is 0.242 e. The summed E-state index contributed by atoms with van der Waals surface area (Å²) in [5.74, 6) is -0.615. The molecule has 0 heterocycles. The Morgan fingerprint density at radius 2 is 2.00 bits per heavy atom. The molecule has 1 aromatic rings. The van der Waals surface area contributed by atoms with Gasteiger partial charge in [-0.25, -0.2) is 17.5 Å². The minimum atomic E-state index is -3.72. The maximum atomic E-state index is 13.0. The van der Waals surface area contributed by atoms with E-state index in [4.69, 9.17) is 5.73 Å². The van der Waals surface area contributed by atoms with Crippen LogP contribution in [0.15, 0.2) is 23.1 Å². The first-order valence-corrected chi connectivity index (χ1v) is 7.50. The lowest BCUT2D eigenvalue weighted by Gasteiger charge is -2.09. The Morgan fingerprint density at radius 1 is 1.28 bits per heavy atom. The van der Waals surface area contributed by atoms with Crippen LogP contribution in [0, 0.1) is 5.82 Å². The lowest BCUT2D eigenvalue weighted by Crippen LogP contribution is -2.25. The Morgan fingerprint density at radius 3 is 2.67 bits per heavy atom. The molecule has 0 fully saturated rings. The molecule has 3 N–H and O–H groups in total. The highest BCUT2D eigenvalue weighted by molar-refractivity contribution is 7.89. The summed E-state index contributed by atoms with van der Waals surface area (Å²) in [4.78, 5) is -0.196. The minimum absolute atomic E-state index is 0.0532. The number of halogens is 1.